The van der Waals surface area contributed by atoms with Gasteiger partial charge in [-0.3, -0.25) is 57.9 Å². The molecule has 12 rings (SSSR count). The van der Waals surface area contributed by atoms with E-state index >= 15 is 9.59 Å². The second-order valence-electron chi connectivity index (χ2n) is 32.8. The summed E-state index contributed by atoms with van der Waals surface area (Å²) in [4.78, 5) is 203. The average molecular weight is 1590 g/mol. The van der Waals surface area contributed by atoms with Crippen LogP contribution < -0.4 is 0 Å². The minimum Gasteiger partial charge on any atom is -0.472 e. The number of Topliss-reactive ketones (excluding diaryl/α,β-unsaturated/α-hetero) is 2. The highest BCUT2D eigenvalue weighted by Crippen LogP contribution is 2.74. The number of cyclic esters (lactones) is 2. The Balaban J connectivity index is 0.000000225. The van der Waals surface area contributed by atoms with Gasteiger partial charge in [0.1, 0.15) is 48.8 Å². The first-order chi connectivity index (χ1) is 53.4. The van der Waals surface area contributed by atoms with Gasteiger partial charge in [-0.25, -0.2) is 19.2 Å². The molecule has 4 aliphatic heterocycles. The normalized spacial score (nSPS) is 35.2. The smallest absolute Gasteiger partial charge is 0.351 e. The van der Waals surface area contributed by atoms with Gasteiger partial charge >= 0.3 is 71.6 Å². The number of fused-ring (bicyclic) bond motifs is 4. The van der Waals surface area contributed by atoms with Crippen molar-refractivity contribution >= 4 is 83.2 Å². The number of rotatable bonds is 18. The fourth-order valence-corrected chi connectivity index (χ4v) is 19.6. The lowest BCUT2D eigenvalue weighted by Gasteiger charge is -2.62. The molecule has 8 fully saturated rings. The number of ketones is 2. The first-order valence-electron chi connectivity index (χ1n) is 37.1. The van der Waals surface area contributed by atoms with Crippen LogP contribution in [-0.2, 0) is 124 Å². The van der Waals surface area contributed by atoms with Crippen LogP contribution in [0.25, 0.3) is 0 Å². The molecule has 4 aliphatic carbocycles. The molecule has 612 valence electrons. The largest absolute Gasteiger partial charge is 0.472 e. The van der Waals surface area contributed by atoms with Crippen LogP contribution in [-0.4, -0.2) is 180 Å². The van der Waals surface area contributed by atoms with E-state index in [1.54, 1.807) is 69.2 Å². The molecule has 4 aromatic heterocycles. The molecule has 0 amide bonds. The van der Waals surface area contributed by atoms with Crippen LogP contribution in [0, 0.1) is 68.0 Å². The summed E-state index contributed by atoms with van der Waals surface area (Å²) in [5.74, 6) is -18.4. The number of methoxy groups -OCH3 is 2. The third-order valence-electron chi connectivity index (χ3n) is 24.9. The first-order valence-corrected chi connectivity index (χ1v) is 37.1. The van der Waals surface area contributed by atoms with Crippen LogP contribution in [0.15, 0.2) is 119 Å². The van der Waals surface area contributed by atoms with Crippen LogP contribution in [0.2, 0.25) is 0 Å². The van der Waals surface area contributed by atoms with Crippen molar-refractivity contribution in [1.82, 2.24) is 9.97 Å². The van der Waals surface area contributed by atoms with Gasteiger partial charge in [0.25, 0.3) is 0 Å². The van der Waals surface area contributed by atoms with E-state index in [2.05, 4.69) is 23.1 Å². The molecular formula is C82H94N2O30. The second-order valence-corrected chi connectivity index (χ2v) is 32.8. The fraction of sp³-hybridized carbons (Fsp3) is 0.561. The Labute approximate surface area is 655 Å². The maximum Gasteiger partial charge on any atom is 0.351 e. The molecule has 8 heterocycles. The molecule has 2 spiro atoms. The molecule has 32 heteroatoms. The highest BCUT2D eigenvalue weighted by atomic mass is 16.7. The van der Waals surface area contributed by atoms with Crippen molar-refractivity contribution in [2.45, 2.75) is 208 Å². The number of hydrogen-bond donors (Lipinski definition) is 0. The maximum atomic E-state index is 16.0. The van der Waals surface area contributed by atoms with Crippen LogP contribution in [0.3, 0.4) is 0 Å². The van der Waals surface area contributed by atoms with Crippen molar-refractivity contribution in [3.8, 4) is 0 Å². The molecule has 0 N–H and O–H groups in total. The Morgan fingerprint density at radius 2 is 0.833 bits per heavy atom. The van der Waals surface area contributed by atoms with E-state index in [0.29, 0.717) is 0 Å². The molecular weight excluding hydrogens is 1490 g/mol. The summed E-state index contributed by atoms with van der Waals surface area (Å²) in [6, 6.07) is 8.97. The SMILES string of the molecule is C=C1C2C(=O)C3(C)C(OC14C(OC(C)=O)C(=O)OC(c1ccoc1)C4(C)C2OC(C)=O)C(OC(=O)C(C)C)C(OC(=O)c1cccnc1)C(C)(C)C3CC(=O)OC.C=C1C2C(=O)C3(C)C(OC14C(OC(C)=O)C(=O)OC(c1ccoc1)C4(C)C2OC(C)=O)C(OC(=O)c1cccnc1)C(OC(=O)C(C)C)C(C)(C)C3CC(=O)OC. The highest BCUT2D eigenvalue weighted by Gasteiger charge is 2.87. The minimum absolute atomic E-state index is 0.00508. The van der Waals surface area contributed by atoms with Gasteiger partial charge in [0.05, 0.1) is 109 Å². The van der Waals surface area contributed by atoms with E-state index in [1.165, 1.54) is 114 Å². The standard InChI is InChI=1S/2C41H47NO15/c1-19(2)35(47)56-32-28(54-36(48)23-12-11-14-42-17-23)33-39(8,25(38(32,6)7)16-26(45)50-10)29(46)27-20(3)41(57-33)34(53-22(5)44)37(49)55-30(24-13-15-51-18-24)40(41,9)31(27)52-21(4)43;1-19(2)35(47)54-28-32(56-36(48)23-12-11-14-42-17-23)38(6,7)25(16-26(45)50-10)39(8)29(46)27-20(3)41(57-33(28)39)34(53-22(5)44)37(49)55-30(24-13-15-51-18-24)40(41,9)31(27)52-21(4)43/h2*11-15,17-19,25,27-28,30-34H,3,16H2,1-2,4-10H3. The molecule has 22 unspecified atom stereocenters. The number of hydrogen-bond acceptors (Lipinski definition) is 32. The Bertz CT molecular complexity index is 4550. The number of carbonyl (C=O) groups excluding carboxylic acids is 14. The summed E-state index contributed by atoms with van der Waals surface area (Å²) < 4.78 is 96.3. The van der Waals surface area contributed by atoms with Crippen LogP contribution in [0.1, 0.15) is 168 Å². The van der Waals surface area contributed by atoms with Gasteiger partial charge in [-0.05, 0) is 87.1 Å². The van der Waals surface area contributed by atoms with Crippen LogP contribution >= 0.6 is 0 Å². The lowest BCUT2D eigenvalue weighted by molar-refractivity contribution is -0.316. The van der Waals surface area contributed by atoms with Crippen LogP contribution in [0.5, 0.6) is 0 Å². The summed E-state index contributed by atoms with van der Waals surface area (Å²) in [6.07, 6.45) is -9.35. The lowest BCUT2D eigenvalue weighted by Crippen LogP contribution is -2.75. The van der Waals surface area contributed by atoms with E-state index in [1.807, 2.05) is 0 Å². The lowest BCUT2D eigenvalue weighted by atomic mass is 9.49. The van der Waals surface area contributed by atoms with Crippen molar-refractivity contribution in [1.29, 1.82) is 0 Å². The Kier molecular flexibility index (Phi) is 22.5. The third-order valence-corrected chi connectivity index (χ3v) is 24.9. The molecule has 4 bridgehead atoms. The van der Waals surface area contributed by atoms with Gasteiger partial charge in [-0.2, -0.15) is 0 Å². The number of esters is 12. The van der Waals surface area contributed by atoms with E-state index in [4.69, 9.17) is 75.2 Å². The van der Waals surface area contributed by atoms with Gasteiger partial charge < -0.3 is 75.2 Å². The fourth-order valence-electron chi connectivity index (χ4n) is 19.6. The molecule has 32 nitrogen and oxygen atoms in total. The van der Waals surface area contributed by atoms with Crippen molar-refractivity contribution in [3.63, 3.8) is 0 Å². The number of ether oxygens (including phenoxy) is 14. The number of carbonyl (C=O) groups is 14. The molecule has 22 atom stereocenters. The topological polar surface area (TPSA) is 420 Å². The van der Waals surface area contributed by atoms with E-state index < -0.39 is 248 Å². The van der Waals surface area contributed by atoms with Gasteiger partial charge in [0, 0.05) is 74.4 Å². The number of nitrogens with zero attached hydrogens (tertiary/aromatic N) is 2. The maximum absolute atomic E-state index is 16.0. The van der Waals surface area contributed by atoms with Crippen molar-refractivity contribution in [2.75, 3.05) is 14.2 Å². The Hall–Kier alpha value is -10.8. The van der Waals surface area contributed by atoms with E-state index in [0.717, 1.165) is 27.7 Å². The zero-order valence-corrected chi connectivity index (χ0v) is 66.4. The summed E-state index contributed by atoms with van der Waals surface area (Å²) in [6.45, 7) is 32.2. The van der Waals surface area contributed by atoms with Gasteiger partial charge in [-0.15, -0.1) is 0 Å². The predicted molar refractivity (Wildman–Crippen MR) is 384 cm³/mol. The zero-order valence-electron chi connectivity index (χ0n) is 66.4. The molecule has 4 saturated heterocycles. The monoisotopic (exact) mass is 1590 g/mol. The minimum atomic E-state index is -2.29. The Morgan fingerprint density at radius 3 is 1.17 bits per heavy atom. The summed E-state index contributed by atoms with van der Waals surface area (Å²) >= 11 is 0. The van der Waals surface area contributed by atoms with Gasteiger partial charge in [0.15, 0.2) is 35.0 Å². The Morgan fingerprint density at radius 1 is 0.474 bits per heavy atom. The highest BCUT2D eigenvalue weighted by molar-refractivity contribution is 5.98. The number of pyridine rings is 2. The zero-order chi connectivity index (χ0) is 84.0. The van der Waals surface area contributed by atoms with Gasteiger partial charge in [0.2, 0.25) is 12.2 Å². The molecule has 0 aromatic carbocycles. The van der Waals surface area contributed by atoms with E-state index in [9.17, 15) is 57.5 Å². The summed E-state index contributed by atoms with van der Waals surface area (Å²) in [5, 5.41) is 0. The third kappa shape index (κ3) is 13.0. The average Bonchev–Trinajstić information content (AvgIpc) is 1.49. The molecule has 114 heavy (non-hydrogen) atoms. The van der Waals surface area contributed by atoms with Gasteiger partial charge in [-0.1, -0.05) is 68.5 Å². The number of furan rings is 2. The second kappa shape index (κ2) is 30.5. The molecule has 0 radical (unpaired) electrons. The number of aromatic nitrogens is 2. The molecule has 8 aliphatic rings. The summed E-state index contributed by atoms with van der Waals surface area (Å²) in [5.41, 5.74) is -14.4. The quantitative estimate of drug-likeness (QED) is 0.0515. The summed E-state index contributed by atoms with van der Waals surface area (Å²) in [7, 11) is 2.35. The van der Waals surface area contributed by atoms with Crippen molar-refractivity contribution < 1.29 is 142 Å². The van der Waals surface area contributed by atoms with Crippen molar-refractivity contribution in [3.05, 3.63) is 133 Å². The first kappa shape index (κ1) is 84.2. The van der Waals surface area contributed by atoms with Crippen LogP contribution in [0.4, 0.5) is 0 Å². The molecule has 4 saturated carbocycles. The predicted octanol–water partition coefficient (Wildman–Crippen LogP) is 8.11. The molecule has 4 aromatic rings. The van der Waals surface area contributed by atoms with E-state index in [-0.39, 0.29) is 33.4 Å². The van der Waals surface area contributed by atoms with Crippen molar-refractivity contribution in [2.24, 2.45) is 68.0 Å².